The van der Waals surface area contributed by atoms with Gasteiger partial charge in [-0.05, 0) is 75.0 Å². The average Bonchev–Trinajstić information content (AvgIpc) is 3.31. The number of nitrogens with two attached hydrogens (primary N) is 1. The summed E-state index contributed by atoms with van der Waals surface area (Å²) in [6.07, 6.45) is 16.0. The van der Waals surface area contributed by atoms with Crippen molar-refractivity contribution in [2.75, 3.05) is 6.54 Å². The van der Waals surface area contributed by atoms with E-state index in [1.165, 1.54) is 61.7 Å². The van der Waals surface area contributed by atoms with E-state index in [0.29, 0.717) is 5.92 Å². The van der Waals surface area contributed by atoms with Crippen LogP contribution in [0.15, 0.2) is 22.3 Å². The van der Waals surface area contributed by atoms with Crippen molar-refractivity contribution >= 4 is 0 Å². The lowest BCUT2D eigenvalue weighted by Gasteiger charge is -2.24. The lowest BCUT2D eigenvalue weighted by Crippen LogP contribution is -2.15. The van der Waals surface area contributed by atoms with Gasteiger partial charge in [0.1, 0.15) is 0 Å². The highest BCUT2D eigenvalue weighted by Gasteiger charge is 2.24. The van der Waals surface area contributed by atoms with E-state index in [0.717, 1.165) is 18.9 Å². The molecule has 1 unspecified atom stereocenters. The number of terminal acetylenes is 1. The zero-order chi connectivity index (χ0) is 14.5. The van der Waals surface area contributed by atoms with Crippen LogP contribution in [0.2, 0.25) is 0 Å². The lowest BCUT2D eigenvalue weighted by molar-refractivity contribution is 0.636. The first kappa shape index (κ1) is 15.4. The topological polar surface area (TPSA) is 26.0 Å². The van der Waals surface area contributed by atoms with E-state index in [2.05, 4.69) is 19.8 Å². The molecule has 0 bridgehead atoms. The molecule has 110 valence electrons. The van der Waals surface area contributed by atoms with Crippen LogP contribution in [0.5, 0.6) is 0 Å². The van der Waals surface area contributed by atoms with Gasteiger partial charge in [-0.25, -0.2) is 0 Å². The van der Waals surface area contributed by atoms with Gasteiger partial charge < -0.3 is 5.73 Å². The molecule has 1 nitrogen and oxygen atoms in total. The van der Waals surface area contributed by atoms with Gasteiger partial charge in [0.15, 0.2) is 0 Å². The summed E-state index contributed by atoms with van der Waals surface area (Å²) in [7, 11) is 0. The SMILES string of the molecule is C#CC1=C(/C(CCC2CC2)=C(\C)C(C)CN)CCCC1. The van der Waals surface area contributed by atoms with Crippen LogP contribution in [0.3, 0.4) is 0 Å². The lowest BCUT2D eigenvalue weighted by atomic mass is 9.81. The van der Waals surface area contributed by atoms with Crippen molar-refractivity contribution in [1.82, 2.24) is 0 Å². The van der Waals surface area contributed by atoms with Gasteiger partial charge in [0.05, 0.1) is 0 Å². The van der Waals surface area contributed by atoms with Gasteiger partial charge in [-0.15, -0.1) is 6.42 Å². The number of hydrogen-bond donors (Lipinski definition) is 1. The van der Waals surface area contributed by atoms with Crippen molar-refractivity contribution in [2.24, 2.45) is 17.6 Å². The fourth-order valence-electron chi connectivity index (χ4n) is 3.21. The van der Waals surface area contributed by atoms with Crippen LogP contribution < -0.4 is 5.73 Å². The van der Waals surface area contributed by atoms with Crippen LogP contribution in [-0.2, 0) is 0 Å². The zero-order valence-electron chi connectivity index (χ0n) is 13.2. The minimum Gasteiger partial charge on any atom is -0.330 e. The van der Waals surface area contributed by atoms with Crippen molar-refractivity contribution in [1.29, 1.82) is 0 Å². The van der Waals surface area contributed by atoms with E-state index in [1.807, 2.05) is 0 Å². The second-order valence-electron chi connectivity index (χ2n) is 6.59. The Morgan fingerprint density at radius 1 is 1.35 bits per heavy atom. The third-order valence-corrected chi connectivity index (χ3v) is 5.07. The minimum absolute atomic E-state index is 0.470. The predicted molar refractivity (Wildman–Crippen MR) is 87.2 cm³/mol. The molecule has 0 aromatic heterocycles. The Morgan fingerprint density at radius 2 is 2.05 bits per heavy atom. The first-order chi connectivity index (χ1) is 9.67. The molecule has 2 aliphatic rings. The molecular formula is C19H29N. The molecule has 0 aromatic carbocycles. The molecule has 1 saturated carbocycles. The smallest absolute Gasteiger partial charge is 0.00523 e. The second kappa shape index (κ2) is 7.14. The number of rotatable bonds is 6. The molecule has 1 fully saturated rings. The molecule has 1 heteroatoms. The number of hydrogen-bond acceptors (Lipinski definition) is 1. The first-order valence-corrected chi connectivity index (χ1v) is 8.26. The van der Waals surface area contributed by atoms with Gasteiger partial charge in [0, 0.05) is 5.57 Å². The van der Waals surface area contributed by atoms with Crippen molar-refractivity contribution in [3.63, 3.8) is 0 Å². The Hall–Kier alpha value is -1.00. The van der Waals surface area contributed by atoms with Gasteiger partial charge >= 0.3 is 0 Å². The molecule has 1 atom stereocenters. The fraction of sp³-hybridized carbons (Fsp3) is 0.684. The maximum Gasteiger partial charge on any atom is 0.00523 e. The Kier molecular flexibility index (Phi) is 5.49. The number of allylic oxidation sites excluding steroid dienone is 3. The van der Waals surface area contributed by atoms with E-state index < -0.39 is 0 Å². The quantitative estimate of drug-likeness (QED) is 0.702. The highest BCUT2D eigenvalue weighted by molar-refractivity contribution is 5.46. The maximum atomic E-state index is 5.89. The molecule has 0 aliphatic heterocycles. The molecule has 0 spiro atoms. The van der Waals surface area contributed by atoms with E-state index >= 15 is 0 Å². The van der Waals surface area contributed by atoms with Crippen LogP contribution >= 0.6 is 0 Å². The predicted octanol–water partition coefficient (Wildman–Crippen LogP) is 4.59. The molecule has 0 radical (unpaired) electrons. The molecule has 0 aromatic rings. The second-order valence-corrected chi connectivity index (χ2v) is 6.59. The summed E-state index contributed by atoms with van der Waals surface area (Å²) in [5, 5.41) is 0. The molecular weight excluding hydrogens is 242 g/mol. The van der Waals surface area contributed by atoms with Crippen LogP contribution in [0.1, 0.15) is 65.2 Å². The van der Waals surface area contributed by atoms with Gasteiger partial charge in [-0.3, -0.25) is 0 Å². The van der Waals surface area contributed by atoms with Gasteiger partial charge in [-0.1, -0.05) is 31.3 Å². The van der Waals surface area contributed by atoms with Crippen LogP contribution in [-0.4, -0.2) is 6.54 Å². The Morgan fingerprint density at radius 3 is 2.65 bits per heavy atom. The normalized spacial score (nSPS) is 22.3. The zero-order valence-corrected chi connectivity index (χ0v) is 13.2. The minimum atomic E-state index is 0.470. The molecule has 0 saturated heterocycles. The van der Waals surface area contributed by atoms with Gasteiger partial charge in [-0.2, -0.15) is 0 Å². The average molecular weight is 271 g/mol. The third kappa shape index (κ3) is 3.76. The standard InChI is InChI=1S/C19H29N/c1-4-17-7-5-6-8-19(17)18(12-11-16-9-10-16)15(3)14(2)13-20/h1,14,16H,5-13,20H2,2-3H3/b18-15+. The van der Waals surface area contributed by atoms with Crippen LogP contribution in [0, 0.1) is 24.2 Å². The molecule has 0 amide bonds. The van der Waals surface area contributed by atoms with E-state index in [4.69, 9.17) is 12.2 Å². The van der Waals surface area contributed by atoms with Gasteiger partial charge in [0.2, 0.25) is 0 Å². The Labute approximate surface area is 124 Å². The van der Waals surface area contributed by atoms with Crippen molar-refractivity contribution < 1.29 is 0 Å². The van der Waals surface area contributed by atoms with Crippen LogP contribution in [0.25, 0.3) is 0 Å². The Balaban J connectivity index is 2.28. The summed E-state index contributed by atoms with van der Waals surface area (Å²) in [6.45, 7) is 5.25. The molecule has 20 heavy (non-hydrogen) atoms. The molecule has 0 heterocycles. The third-order valence-electron chi connectivity index (χ3n) is 5.07. The van der Waals surface area contributed by atoms with Crippen molar-refractivity contribution in [3.8, 4) is 12.3 Å². The largest absolute Gasteiger partial charge is 0.330 e. The van der Waals surface area contributed by atoms with E-state index in [9.17, 15) is 0 Å². The van der Waals surface area contributed by atoms with Crippen molar-refractivity contribution in [3.05, 3.63) is 22.3 Å². The summed E-state index contributed by atoms with van der Waals surface area (Å²) in [5.74, 6) is 4.41. The fourth-order valence-corrected chi connectivity index (χ4v) is 3.21. The maximum absolute atomic E-state index is 5.89. The summed E-state index contributed by atoms with van der Waals surface area (Å²) in [6, 6.07) is 0. The van der Waals surface area contributed by atoms with Crippen molar-refractivity contribution in [2.45, 2.75) is 65.2 Å². The van der Waals surface area contributed by atoms with Gasteiger partial charge in [0.25, 0.3) is 0 Å². The summed E-state index contributed by atoms with van der Waals surface area (Å²) < 4.78 is 0. The highest BCUT2D eigenvalue weighted by atomic mass is 14.5. The Bertz CT molecular complexity index is 443. The highest BCUT2D eigenvalue weighted by Crippen LogP contribution is 2.39. The molecule has 2 N–H and O–H groups in total. The summed E-state index contributed by atoms with van der Waals surface area (Å²) in [4.78, 5) is 0. The van der Waals surface area contributed by atoms with Crippen LogP contribution in [0.4, 0.5) is 0 Å². The molecule has 2 rings (SSSR count). The van der Waals surface area contributed by atoms with E-state index in [-0.39, 0.29) is 0 Å². The first-order valence-electron chi connectivity index (χ1n) is 8.26. The summed E-state index contributed by atoms with van der Waals surface area (Å²) in [5.41, 5.74) is 11.7. The molecule has 2 aliphatic carbocycles. The summed E-state index contributed by atoms with van der Waals surface area (Å²) >= 11 is 0. The monoisotopic (exact) mass is 271 g/mol. The van der Waals surface area contributed by atoms with E-state index in [1.54, 1.807) is 5.57 Å².